The van der Waals surface area contributed by atoms with Crippen molar-refractivity contribution in [2.45, 2.75) is 39.3 Å². The molecule has 1 aromatic carbocycles. The SMILES string of the molecule is CCCNC(=O)NCc1ccc(C(C)(C)O)cc1. The van der Waals surface area contributed by atoms with E-state index in [1.54, 1.807) is 13.8 Å². The van der Waals surface area contributed by atoms with E-state index in [1.807, 2.05) is 31.2 Å². The van der Waals surface area contributed by atoms with Gasteiger partial charge in [-0.05, 0) is 31.4 Å². The van der Waals surface area contributed by atoms with E-state index in [2.05, 4.69) is 10.6 Å². The largest absolute Gasteiger partial charge is 0.386 e. The molecule has 0 aromatic heterocycles. The fourth-order valence-electron chi connectivity index (χ4n) is 1.51. The molecule has 3 N–H and O–H groups in total. The molecule has 0 bridgehead atoms. The van der Waals surface area contributed by atoms with Crippen LogP contribution in [0.2, 0.25) is 0 Å². The molecule has 2 amide bonds. The van der Waals surface area contributed by atoms with Gasteiger partial charge >= 0.3 is 6.03 Å². The molecule has 0 aliphatic rings. The summed E-state index contributed by atoms with van der Waals surface area (Å²) in [5, 5.41) is 15.3. The number of urea groups is 1. The van der Waals surface area contributed by atoms with Gasteiger partial charge in [0.15, 0.2) is 0 Å². The Morgan fingerprint density at radius 3 is 2.33 bits per heavy atom. The lowest BCUT2D eigenvalue weighted by molar-refractivity contribution is 0.0786. The zero-order valence-electron chi connectivity index (χ0n) is 11.3. The molecule has 1 aromatic rings. The normalized spacial score (nSPS) is 11.1. The van der Waals surface area contributed by atoms with Crippen molar-refractivity contribution < 1.29 is 9.90 Å². The molecule has 0 saturated carbocycles. The molecule has 0 radical (unpaired) electrons. The predicted molar refractivity (Wildman–Crippen MR) is 72.2 cm³/mol. The molecule has 4 heteroatoms. The molecule has 0 heterocycles. The number of aliphatic hydroxyl groups is 1. The van der Waals surface area contributed by atoms with E-state index in [9.17, 15) is 9.90 Å². The van der Waals surface area contributed by atoms with Crippen molar-refractivity contribution in [3.63, 3.8) is 0 Å². The molecule has 0 spiro atoms. The van der Waals surface area contributed by atoms with Crippen LogP contribution in [0, 0.1) is 0 Å². The first-order chi connectivity index (χ1) is 8.43. The van der Waals surface area contributed by atoms with Crippen LogP contribution in [0.25, 0.3) is 0 Å². The molecule has 0 fully saturated rings. The van der Waals surface area contributed by atoms with Gasteiger partial charge in [0, 0.05) is 13.1 Å². The Hall–Kier alpha value is -1.55. The van der Waals surface area contributed by atoms with Crippen LogP contribution < -0.4 is 10.6 Å². The number of hydrogen-bond donors (Lipinski definition) is 3. The molecule has 100 valence electrons. The van der Waals surface area contributed by atoms with Crippen molar-refractivity contribution in [3.05, 3.63) is 35.4 Å². The maximum Gasteiger partial charge on any atom is 0.315 e. The second-order valence-electron chi connectivity index (χ2n) is 4.87. The molecule has 0 atom stereocenters. The zero-order chi connectivity index (χ0) is 13.6. The highest BCUT2D eigenvalue weighted by Crippen LogP contribution is 2.19. The van der Waals surface area contributed by atoms with Gasteiger partial charge in [-0.25, -0.2) is 4.79 Å². The fraction of sp³-hybridized carbons (Fsp3) is 0.500. The number of carbonyl (C=O) groups is 1. The van der Waals surface area contributed by atoms with Gasteiger partial charge in [0.2, 0.25) is 0 Å². The molecule has 0 unspecified atom stereocenters. The van der Waals surface area contributed by atoms with Crippen molar-refractivity contribution in [3.8, 4) is 0 Å². The van der Waals surface area contributed by atoms with E-state index in [0.29, 0.717) is 13.1 Å². The van der Waals surface area contributed by atoms with Crippen LogP contribution >= 0.6 is 0 Å². The average Bonchev–Trinajstić information content (AvgIpc) is 2.33. The van der Waals surface area contributed by atoms with Gasteiger partial charge in [-0.15, -0.1) is 0 Å². The van der Waals surface area contributed by atoms with Crippen molar-refractivity contribution in [1.29, 1.82) is 0 Å². The summed E-state index contributed by atoms with van der Waals surface area (Å²) in [7, 11) is 0. The van der Waals surface area contributed by atoms with Gasteiger partial charge in [0.05, 0.1) is 5.60 Å². The number of nitrogens with one attached hydrogen (secondary N) is 2. The van der Waals surface area contributed by atoms with Gasteiger partial charge < -0.3 is 15.7 Å². The first kappa shape index (κ1) is 14.5. The summed E-state index contributed by atoms with van der Waals surface area (Å²) in [6, 6.07) is 7.42. The van der Waals surface area contributed by atoms with Gasteiger partial charge in [-0.1, -0.05) is 31.2 Å². The minimum atomic E-state index is -0.829. The molecular formula is C14H22N2O2. The van der Waals surface area contributed by atoms with E-state index < -0.39 is 5.60 Å². The van der Waals surface area contributed by atoms with Crippen molar-refractivity contribution in [1.82, 2.24) is 10.6 Å². The van der Waals surface area contributed by atoms with Gasteiger partial charge in [0.25, 0.3) is 0 Å². The fourth-order valence-corrected chi connectivity index (χ4v) is 1.51. The summed E-state index contributed by atoms with van der Waals surface area (Å²) in [5.41, 5.74) is 1.04. The summed E-state index contributed by atoms with van der Waals surface area (Å²) in [4.78, 5) is 11.3. The van der Waals surface area contributed by atoms with Gasteiger partial charge in [-0.3, -0.25) is 0 Å². The van der Waals surface area contributed by atoms with Crippen LogP contribution in [0.1, 0.15) is 38.3 Å². The molecule has 0 aliphatic carbocycles. The smallest absolute Gasteiger partial charge is 0.315 e. The highest BCUT2D eigenvalue weighted by molar-refractivity contribution is 5.73. The molecule has 0 aliphatic heterocycles. The van der Waals surface area contributed by atoms with E-state index in [4.69, 9.17) is 0 Å². The number of carbonyl (C=O) groups excluding carboxylic acids is 1. The van der Waals surface area contributed by atoms with Gasteiger partial charge in [-0.2, -0.15) is 0 Å². The van der Waals surface area contributed by atoms with E-state index >= 15 is 0 Å². The Morgan fingerprint density at radius 2 is 1.83 bits per heavy atom. The molecule has 1 rings (SSSR count). The summed E-state index contributed by atoms with van der Waals surface area (Å²) in [6.07, 6.45) is 0.924. The highest BCUT2D eigenvalue weighted by atomic mass is 16.3. The maximum atomic E-state index is 11.3. The minimum absolute atomic E-state index is 0.150. The molecular weight excluding hydrogens is 228 g/mol. The van der Waals surface area contributed by atoms with Crippen LogP contribution in [0.5, 0.6) is 0 Å². The minimum Gasteiger partial charge on any atom is -0.386 e. The van der Waals surface area contributed by atoms with Crippen LogP contribution in [-0.4, -0.2) is 17.7 Å². The van der Waals surface area contributed by atoms with Crippen LogP contribution in [0.4, 0.5) is 4.79 Å². The highest BCUT2D eigenvalue weighted by Gasteiger charge is 2.14. The molecule has 18 heavy (non-hydrogen) atoms. The van der Waals surface area contributed by atoms with E-state index in [0.717, 1.165) is 17.5 Å². The Kier molecular flexibility index (Phi) is 5.16. The van der Waals surface area contributed by atoms with Gasteiger partial charge in [0.1, 0.15) is 0 Å². The number of hydrogen-bond acceptors (Lipinski definition) is 2. The quantitative estimate of drug-likeness (QED) is 0.749. The Bertz CT molecular complexity index is 380. The van der Waals surface area contributed by atoms with Crippen LogP contribution in [0.15, 0.2) is 24.3 Å². The summed E-state index contributed by atoms with van der Waals surface area (Å²) in [5.74, 6) is 0. The molecule has 4 nitrogen and oxygen atoms in total. The predicted octanol–water partition coefficient (Wildman–Crippen LogP) is 2.12. The second kappa shape index (κ2) is 6.40. The third kappa shape index (κ3) is 4.75. The first-order valence-corrected chi connectivity index (χ1v) is 6.27. The lowest BCUT2D eigenvalue weighted by Gasteiger charge is -2.18. The topological polar surface area (TPSA) is 61.4 Å². The monoisotopic (exact) mass is 250 g/mol. The second-order valence-corrected chi connectivity index (χ2v) is 4.87. The Balaban J connectivity index is 2.47. The maximum absolute atomic E-state index is 11.3. The average molecular weight is 250 g/mol. The first-order valence-electron chi connectivity index (χ1n) is 6.27. The number of amides is 2. The van der Waals surface area contributed by atoms with E-state index in [1.165, 1.54) is 0 Å². The van der Waals surface area contributed by atoms with Crippen molar-refractivity contribution in [2.75, 3.05) is 6.54 Å². The molecule has 0 saturated heterocycles. The van der Waals surface area contributed by atoms with Crippen molar-refractivity contribution in [2.24, 2.45) is 0 Å². The van der Waals surface area contributed by atoms with Crippen LogP contribution in [-0.2, 0) is 12.1 Å². The standard InChI is InChI=1S/C14H22N2O2/c1-4-9-15-13(17)16-10-11-5-7-12(8-6-11)14(2,3)18/h5-8,18H,4,9-10H2,1-3H3,(H2,15,16,17). The summed E-state index contributed by atoms with van der Waals surface area (Å²) in [6.45, 7) is 6.68. The Morgan fingerprint density at radius 1 is 1.22 bits per heavy atom. The lowest BCUT2D eigenvalue weighted by atomic mass is 9.97. The zero-order valence-corrected chi connectivity index (χ0v) is 11.3. The number of rotatable bonds is 5. The van der Waals surface area contributed by atoms with E-state index in [-0.39, 0.29) is 6.03 Å². The summed E-state index contributed by atoms with van der Waals surface area (Å²) < 4.78 is 0. The Labute approximate surface area is 108 Å². The number of benzene rings is 1. The third-order valence-electron chi connectivity index (χ3n) is 2.65. The third-order valence-corrected chi connectivity index (χ3v) is 2.65. The van der Waals surface area contributed by atoms with Crippen molar-refractivity contribution >= 4 is 6.03 Å². The van der Waals surface area contributed by atoms with Crippen LogP contribution in [0.3, 0.4) is 0 Å². The summed E-state index contributed by atoms with van der Waals surface area (Å²) >= 11 is 0. The lowest BCUT2D eigenvalue weighted by Crippen LogP contribution is -2.35.